The van der Waals surface area contributed by atoms with Gasteiger partial charge < -0.3 is 15.9 Å². The van der Waals surface area contributed by atoms with Crippen LogP contribution in [0.15, 0.2) is 24.3 Å². The van der Waals surface area contributed by atoms with Crippen LogP contribution in [0.4, 0.5) is 13.2 Å². The van der Waals surface area contributed by atoms with Gasteiger partial charge in [-0.15, -0.1) is 0 Å². The number of nitrogens with two attached hydrogens (primary N) is 1. The first-order valence-corrected chi connectivity index (χ1v) is 4.57. The minimum Gasteiger partial charge on any atom is -0.478 e. The number of carboxylic acids is 1. The fourth-order valence-corrected chi connectivity index (χ4v) is 1.23. The molecule has 0 aliphatic carbocycles. The zero-order valence-corrected chi connectivity index (χ0v) is 8.48. The van der Waals surface area contributed by atoms with Crippen LogP contribution in [0.3, 0.4) is 0 Å². The van der Waals surface area contributed by atoms with Crippen molar-refractivity contribution >= 4 is 5.97 Å². The molecule has 0 unspecified atom stereocenters. The van der Waals surface area contributed by atoms with Crippen molar-refractivity contribution in [1.29, 1.82) is 0 Å². The summed E-state index contributed by atoms with van der Waals surface area (Å²) in [6.45, 7) is 0. The quantitative estimate of drug-likeness (QED) is 0.754. The molecule has 1 aromatic carbocycles. The summed E-state index contributed by atoms with van der Waals surface area (Å²) in [5.41, 5.74) is 5.18. The number of carbonyl (C=O) groups is 1. The summed E-state index contributed by atoms with van der Waals surface area (Å²) >= 11 is 0. The SMILES string of the molecule is N[C@H](c1ccc(C(=O)O)cc1)[C@@H](O)C(F)(F)F. The number of hydrogen-bond acceptors (Lipinski definition) is 3. The van der Waals surface area contributed by atoms with E-state index < -0.39 is 24.3 Å². The van der Waals surface area contributed by atoms with Crippen molar-refractivity contribution in [3.05, 3.63) is 35.4 Å². The molecule has 0 amide bonds. The maximum atomic E-state index is 12.2. The zero-order valence-electron chi connectivity index (χ0n) is 8.48. The molecule has 0 aliphatic heterocycles. The topological polar surface area (TPSA) is 83.6 Å². The lowest BCUT2D eigenvalue weighted by Gasteiger charge is -2.21. The second-order valence-electron chi connectivity index (χ2n) is 3.44. The van der Waals surface area contributed by atoms with Crippen LogP contribution in [0.1, 0.15) is 22.0 Å². The first kappa shape index (κ1) is 13.5. The van der Waals surface area contributed by atoms with Crippen molar-refractivity contribution in [3.63, 3.8) is 0 Å². The number of carboxylic acid groups (broad SMARTS) is 1. The monoisotopic (exact) mass is 249 g/mol. The fourth-order valence-electron chi connectivity index (χ4n) is 1.23. The average molecular weight is 249 g/mol. The molecule has 4 N–H and O–H groups in total. The van der Waals surface area contributed by atoms with Crippen LogP contribution in [-0.2, 0) is 0 Å². The van der Waals surface area contributed by atoms with Crippen LogP contribution in [0, 0.1) is 0 Å². The molecule has 0 spiro atoms. The minimum absolute atomic E-state index is 0.0137. The maximum Gasteiger partial charge on any atom is 0.416 e. The Balaban J connectivity index is 2.90. The molecule has 0 heterocycles. The number of aliphatic hydroxyl groups is 1. The summed E-state index contributed by atoms with van der Waals surface area (Å²) in [6, 6.07) is 2.89. The molecule has 0 fully saturated rings. The number of benzene rings is 1. The van der Waals surface area contributed by atoms with Crippen LogP contribution in [-0.4, -0.2) is 28.5 Å². The number of alkyl halides is 3. The van der Waals surface area contributed by atoms with Crippen molar-refractivity contribution in [3.8, 4) is 0 Å². The molecule has 0 aromatic heterocycles. The number of rotatable bonds is 3. The fraction of sp³-hybridized carbons (Fsp3) is 0.300. The van der Waals surface area contributed by atoms with E-state index in [0.717, 1.165) is 24.3 Å². The van der Waals surface area contributed by atoms with Crippen molar-refractivity contribution in [1.82, 2.24) is 0 Å². The maximum absolute atomic E-state index is 12.2. The average Bonchev–Trinajstić information content (AvgIpc) is 2.26. The van der Waals surface area contributed by atoms with Gasteiger partial charge in [0.1, 0.15) is 0 Å². The van der Waals surface area contributed by atoms with Crippen LogP contribution < -0.4 is 5.73 Å². The minimum atomic E-state index is -4.81. The largest absolute Gasteiger partial charge is 0.478 e. The Hall–Kier alpha value is -1.60. The molecule has 0 saturated carbocycles. The van der Waals surface area contributed by atoms with E-state index in [9.17, 15) is 18.0 Å². The molecule has 0 bridgehead atoms. The van der Waals surface area contributed by atoms with Gasteiger partial charge in [0.25, 0.3) is 0 Å². The zero-order chi connectivity index (χ0) is 13.2. The summed E-state index contributed by atoms with van der Waals surface area (Å²) in [6.07, 6.45) is -7.50. The Morgan fingerprint density at radius 1 is 1.24 bits per heavy atom. The standard InChI is InChI=1S/C10H10F3NO3/c11-10(12,13)8(15)7(14)5-1-3-6(4-2-5)9(16)17/h1-4,7-8,15H,14H2,(H,16,17)/t7-,8-/m1/s1. The number of hydrogen-bond donors (Lipinski definition) is 3. The van der Waals surface area contributed by atoms with Gasteiger partial charge in [-0.1, -0.05) is 12.1 Å². The highest BCUT2D eigenvalue weighted by atomic mass is 19.4. The second kappa shape index (κ2) is 4.72. The smallest absolute Gasteiger partial charge is 0.416 e. The summed E-state index contributed by atoms with van der Waals surface area (Å²) in [4.78, 5) is 10.5. The third-order valence-electron chi connectivity index (χ3n) is 2.22. The van der Waals surface area contributed by atoms with E-state index >= 15 is 0 Å². The first-order valence-electron chi connectivity index (χ1n) is 4.57. The van der Waals surface area contributed by atoms with E-state index in [2.05, 4.69) is 0 Å². The number of aliphatic hydroxyl groups excluding tert-OH is 1. The van der Waals surface area contributed by atoms with Crippen molar-refractivity contribution in [2.24, 2.45) is 5.73 Å². The molecule has 0 aliphatic rings. The first-order chi connectivity index (χ1) is 7.73. The highest BCUT2D eigenvalue weighted by Crippen LogP contribution is 2.28. The second-order valence-corrected chi connectivity index (χ2v) is 3.44. The molecule has 0 radical (unpaired) electrons. The van der Waals surface area contributed by atoms with E-state index in [1.54, 1.807) is 0 Å². The lowest BCUT2D eigenvalue weighted by Crippen LogP contribution is -2.38. The van der Waals surface area contributed by atoms with E-state index in [1.807, 2.05) is 0 Å². The number of aromatic carboxylic acids is 1. The molecule has 7 heteroatoms. The predicted molar refractivity (Wildman–Crippen MR) is 52.4 cm³/mol. The van der Waals surface area contributed by atoms with Crippen LogP contribution in [0.5, 0.6) is 0 Å². The molecule has 17 heavy (non-hydrogen) atoms. The molecule has 94 valence electrons. The Morgan fingerprint density at radius 2 is 1.71 bits per heavy atom. The van der Waals surface area contributed by atoms with Gasteiger partial charge in [-0.05, 0) is 17.7 Å². The molecular formula is C10H10F3NO3. The Labute approximate surface area is 94.5 Å². The van der Waals surface area contributed by atoms with Crippen molar-refractivity contribution < 1.29 is 28.2 Å². The highest BCUT2D eigenvalue weighted by Gasteiger charge is 2.42. The van der Waals surface area contributed by atoms with Gasteiger partial charge in [-0.2, -0.15) is 13.2 Å². The predicted octanol–water partition coefficient (Wildman–Crippen LogP) is 1.31. The summed E-state index contributed by atoms with van der Waals surface area (Å²) in [5, 5.41) is 17.5. The number of halogens is 3. The Kier molecular flexibility index (Phi) is 3.74. The van der Waals surface area contributed by atoms with Gasteiger partial charge in [0, 0.05) is 0 Å². The van der Waals surface area contributed by atoms with E-state index in [-0.39, 0.29) is 11.1 Å². The molecule has 1 rings (SSSR count). The normalized spacial score (nSPS) is 15.4. The third kappa shape index (κ3) is 3.18. The van der Waals surface area contributed by atoms with E-state index in [4.69, 9.17) is 15.9 Å². The van der Waals surface area contributed by atoms with E-state index in [1.165, 1.54) is 0 Å². The lowest BCUT2D eigenvalue weighted by molar-refractivity contribution is -0.210. The summed E-state index contributed by atoms with van der Waals surface area (Å²) in [5.74, 6) is -1.19. The summed E-state index contributed by atoms with van der Waals surface area (Å²) in [7, 11) is 0. The van der Waals surface area contributed by atoms with E-state index in [0.29, 0.717) is 0 Å². The lowest BCUT2D eigenvalue weighted by atomic mass is 10.0. The van der Waals surface area contributed by atoms with Crippen molar-refractivity contribution in [2.45, 2.75) is 18.3 Å². The summed E-state index contributed by atoms with van der Waals surface area (Å²) < 4.78 is 36.5. The van der Waals surface area contributed by atoms with Gasteiger partial charge in [0.05, 0.1) is 11.6 Å². The molecule has 0 saturated heterocycles. The van der Waals surface area contributed by atoms with Gasteiger partial charge >= 0.3 is 12.1 Å². The van der Waals surface area contributed by atoms with Crippen LogP contribution >= 0.6 is 0 Å². The van der Waals surface area contributed by atoms with Crippen molar-refractivity contribution in [2.75, 3.05) is 0 Å². The third-order valence-corrected chi connectivity index (χ3v) is 2.22. The molecule has 2 atom stereocenters. The molecular weight excluding hydrogens is 239 g/mol. The van der Waals surface area contributed by atoms with Crippen LogP contribution in [0.25, 0.3) is 0 Å². The molecule has 1 aromatic rings. The van der Waals surface area contributed by atoms with Gasteiger partial charge in [-0.25, -0.2) is 4.79 Å². The van der Waals surface area contributed by atoms with Gasteiger partial charge in [0.2, 0.25) is 0 Å². The van der Waals surface area contributed by atoms with Gasteiger partial charge in [-0.3, -0.25) is 0 Å². The highest BCUT2D eigenvalue weighted by molar-refractivity contribution is 5.87. The Bertz CT molecular complexity index is 402. The molecule has 4 nitrogen and oxygen atoms in total. The Morgan fingerprint density at radius 3 is 2.06 bits per heavy atom. The van der Waals surface area contributed by atoms with Crippen LogP contribution in [0.2, 0.25) is 0 Å². The van der Waals surface area contributed by atoms with Gasteiger partial charge in [0.15, 0.2) is 6.10 Å².